The number of carboxylic acids is 1. The summed E-state index contributed by atoms with van der Waals surface area (Å²) in [5, 5.41) is 11.1. The van der Waals surface area contributed by atoms with Crippen LogP contribution >= 0.6 is 0 Å². The van der Waals surface area contributed by atoms with Crippen LogP contribution in [0.25, 0.3) is 0 Å². The molecule has 0 spiro atoms. The maximum atomic E-state index is 13.6. The van der Waals surface area contributed by atoms with Crippen LogP contribution in [0.4, 0.5) is 0 Å². The zero-order valence-corrected chi connectivity index (χ0v) is 22.6. The molecule has 3 saturated carbocycles. The average molecular weight is 501 g/mol. The summed E-state index contributed by atoms with van der Waals surface area (Å²) < 4.78 is 19.1. The van der Waals surface area contributed by atoms with Crippen LogP contribution in [0.2, 0.25) is 0 Å². The predicted molar refractivity (Wildman–Crippen MR) is 134 cm³/mol. The molecule has 0 aromatic carbocycles. The first-order valence-corrected chi connectivity index (χ1v) is 14.5. The number of carbonyl (C=O) groups excluding carboxylic acids is 1. The molecular formula is C30H44O6. The number of carbonyl (C=O) groups is 2. The maximum absolute atomic E-state index is 13.6. The molecule has 0 aromatic heterocycles. The van der Waals surface area contributed by atoms with Gasteiger partial charge in [-0.25, -0.2) is 0 Å². The Hall–Kier alpha value is -1.24. The third-order valence-electron chi connectivity index (χ3n) is 12.0. The van der Waals surface area contributed by atoms with Crippen molar-refractivity contribution in [3.05, 3.63) is 11.6 Å². The SMILES string of the molecule is CC[C@@H]1CO[C@H]2[C@@H]1C[C@H](OCC13C[C@@H]4[C@H](C)CC[C@H]4[C@@]4(C=O)C[C@@H]1C=C(C(C)C)C34C(=O)O)O[C@@H]2C. The van der Waals surface area contributed by atoms with Crippen molar-refractivity contribution in [3.63, 3.8) is 0 Å². The zero-order valence-electron chi connectivity index (χ0n) is 22.6. The van der Waals surface area contributed by atoms with Crippen LogP contribution in [0.3, 0.4) is 0 Å². The highest BCUT2D eigenvalue weighted by molar-refractivity contribution is 5.90. The van der Waals surface area contributed by atoms with Crippen LogP contribution in [0.15, 0.2) is 11.6 Å². The molecule has 4 aliphatic carbocycles. The van der Waals surface area contributed by atoms with Crippen LogP contribution in [-0.4, -0.2) is 49.1 Å². The Morgan fingerprint density at radius 2 is 2.03 bits per heavy atom. The molecule has 2 saturated heterocycles. The normalized spacial score (nSPS) is 52.8. The molecule has 6 nitrogen and oxygen atoms in total. The van der Waals surface area contributed by atoms with E-state index in [9.17, 15) is 14.7 Å². The predicted octanol–water partition coefficient (Wildman–Crippen LogP) is 5.10. The van der Waals surface area contributed by atoms with Gasteiger partial charge in [-0.3, -0.25) is 4.79 Å². The molecule has 2 heterocycles. The van der Waals surface area contributed by atoms with Crippen molar-refractivity contribution in [1.29, 1.82) is 0 Å². The number of aldehydes is 1. The van der Waals surface area contributed by atoms with Crippen molar-refractivity contribution in [2.24, 2.45) is 57.7 Å². The van der Waals surface area contributed by atoms with Gasteiger partial charge in [-0.2, -0.15) is 0 Å². The second-order valence-electron chi connectivity index (χ2n) is 13.4. The highest BCUT2D eigenvalue weighted by Gasteiger charge is 2.84. The van der Waals surface area contributed by atoms with Crippen molar-refractivity contribution in [2.45, 2.75) is 91.6 Å². The first-order chi connectivity index (χ1) is 17.2. The van der Waals surface area contributed by atoms with Gasteiger partial charge < -0.3 is 24.1 Å². The molecule has 5 fully saturated rings. The summed E-state index contributed by atoms with van der Waals surface area (Å²) in [5.41, 5.74) is -1.66. The number of rotatable bonds is 7. The molecule has 6 heteroatoms. The van der Waals surface area contributed by atoms with E-state index in [0.717, 1.165) is 50.6 Å². The molecule has 12 atom stereocenters. The molecule has 200 valence electrons. The quantitative estimate of drug-likeness (QED) is 0.387. The minimum atomic E-state index is -1.18. The van der Waals surface area contributed by atoms with Crippen LogP contribution in [0, 0.1) is 57.7 Å². The molecule has 2 unspecified atom stereocenters. The van der Waals surface area contributed by atoms with Crippen LogP contribution < -0.4 is 0 Å². The fourth-order valence-electron chi connectivity index (χ4n) is 10.6. The Morgan fingerprint density at radius 1 is 1.25 bits per heavy atom. The molecule has 6 rings (SSSR count). The van der Waals surface area contributed by atoms with Gasteiger partial charge in [0.15, 0.2) is 6.29 Å². The molecular weight excluding hydrogens is 456 g/mol. The molecule has 36 heavy (non-hydrogen) atoms. The van der Waals surface area contributed by atoms with E-state index >= 15 is 0 Å². The van der Waals surface area contributed by atoms with Crippen molar-refractivity contribution >= 4 is 12.3 Å². The number of aliphatic carboxylic acids is 1. The lowest BCUT2D eigenvalue weighted by Crippen LogP contribution is -2.63. The summed E-state index contributed by atoms with van der Waals surface area (Å²) in [5.74, 6) is 1.28. The lowest BCUT2D eigenvalue weighted by Gasteiger charge is -2.58. The first-order valence-electron chi connectivity index (χ1n) is 14.5. The second kappa shape index (κ2) is 8.38. The largest absolute Gasteiger partial charge is 0.481 e. The fourth-order valence-corrected chi connectivity index (χ4v) is 10.6. The maximum Gasteiger partial charge on any atom is 0.315 e. The second-order valence-corrected chi connectivity index (χ2v) is 13.4. The van der Waals surface area contributed by atoms with Gasteiger partial charge in [-0.1, -0.05) is 52.2 Å². The van der Waals surface area contributed by atoms with E-state index in [0.29, 0.717) is 36.7 Å². The van der Waals surface area contributed by atoms with Crippen LogP contribution in [-0.2, 0) is 23.8 Å². The third kappa shape index (κ3) is 2.85. The van der Waals surface area contributed by atoms with E-state index in [4.69, 9.17) is 14.2 Å². The lowest BCUT2D eigenvalue weighted by molar-refractivity contribution is -0.251. The van der Waals surface area contributed by atoms with E-state index in [1.54, 1.807) is 0 Å². The van der Waals surface area contributed by atoms with E-state index in [2.05, 4.69) is 40.7 Å². The van der Waals surface area contributed by atoms with E-state index < -0.39 is 22.2 Å². The lowest BCUT2D eigenvalue weighted by atomic mass is 9.43. The van der Waals surface area contributed by atoms with Crippen molar-refractivity contribution < 1.29 is 28.9 Å². The van der Waals surface area contributed by atoms with Gasteiger partial charge in [0, 0.05) is 11.8 Å². The summed E-state index contributed by atoms with van der Waals surface area (Å²) in [6, 6.07) is 0. The van der Waals surface area contributed by atoms with Crippen LogP contribution in [0.1, 0.15) is 73.1 Å². The molecule has 1 N–H and O–H groups in total. The number of fused-ring (bicyclic) bond motifs is 3. The Morgan fingerprint density at radius 3 is 2.69 bits per heavy atom. The summed E-state index contributed by atoms with van der Waals surface area (Å²) in [6.07, 6.45) is 8.44. The fraction of sp³-hybridized carbons (Fsp3) is 0.867. The molecule has 2 aliphatic heterocycles. The standard InChI is InChI=1S/C30H44O6/c1-6-19-13-34-26-18(5)36-25(10-21(19)26)35-15-29-12-22-17(4)7-8-23(22)28(14-31)11-20(29)9-24(16(2)3)30(28,29)27(32)33/h9,14,16-23,25-26H,6-8,10-13,15H2,1-5H3,(H,32,33)/t17-,18-,19-,20+,21-,22-,23-,25-,26-,28+,29?,30?/m1/s1. The third-order valence-corrected chi connectivity index (χ3v) is 12.0. The van der Waals surface area contributed by atoms with Gasteiger partial charge >= 0.3 is 5.97 Å². The van der Waals surface area contributed by atoms with Crippen LogP contribution in [0.5, 0.6) is 0 Å². The monoisotopic (exact) mass is 500 g/mol. The van der Waals surface area contributed by atoms with E-state index in [-0.39, 0.29) is 36.3 Å². The summed E-state index contributed by atoms with van der Waals surface area (Å²) in [4.78, 5) is 26.8. The van der Waals surface area contributed by atoms with E-state index in [1.165, 1.54) is 0 Å². The van der Waals surface area contributed by atoms with Gasteiger partial charge in [0.1, 0.15) is 11.7 Å². The summed E-state index contributed by atoms with van der Waals surface area (Å²) in [6.45, 7) is 11.9. The van der Waals surface area contributed by atoms with Crippen molar-refractivity contribution in [2.75, 3.05) is 13.2 Å². The Bertz CT molecular complexity index is 959. The van der Waals surface area contributed by atoms with Gasteiger partial charge in [0.25, 0.3) is 0 Å². The molecule has 0 radical (unpaired) electrons. The molecule has 4 bridgehead atoms. The van der Waals surface area contributed by atoms with Crippen molar-refractivity contribution in [3.8, 4) is 0 Å². The van der Waals surface area contributed by atoms with E-state index in [1.807, 2.05) is 0 Å². The Balaban J connectivity index is 1.37. The Kier molecular flexibility index (Phi) is 5.83. The average Bonchev–Trinajstić information content (AvgIpc) is 3.55. The number of carboxylic acid groups (broad SMARTS) is 1. The highest BCUT2D eigenvalue weighted by atomic mass is 16.7. The molecule has 0 amide bonds. The van der Waals surface area contributed by atoms with Gasteiger partial charge in [-0.05, 0) is 67.6 Å². The number of allylic oxidation sites excluding steroid dienone is 1. The smallest absolute Gasteiger partial charge is 0.315 e. The zero-order chi connectivity index (χ0) is 25.6. The van der Waals surface area contributed by atoms with Gasteiger partial charge in [-0.15, -0.1) is 0 Å². The van der Waals surface area contributed by atoms with Crippen molar-refractivity contribution in [1.82, 2.24) is 0 Å². The highest BCUT2D eigenvalue weighted by Crippen LogP contribution is 2.82. The number of hydrogen-bond donors (Lipinski definition) is 1. The van der Waals surface area contributed by atoms with Gasteiger partial charge in [0.05, 0.1) is 30.8 Å². The number of ether oxygens (including phenoxy) is 3. The topological polar surface area (TPSA) is 82.1 Å². The first kappa shape index (κ1) is 25.1. The minimum absolute atomic E-state index is 0.0412. The minimum Gasteiger partial charge on any atom is -0.481 e. The Labute approximate surface area is 215 Å². The summed E-state index contributed by atoms with van der Waals surface area (Å²) in [7, 11) is 0. The van der Waals surface area contributed by atoms with Gasteiger partial charge in [0.2, 0.25) is 0 Å². The molecule has 6 aliphatic rings. The number of hydrogen-bond acceptors (Lipinski definition) is 5. The molecule has 0 aromatic rings. The summed E-state index contributed by atoms with van der Waals surface area (Å²) >= 11 is 0.